The van der Waals surface area contributed by atoms with Crippen molar-refractivity contribution in [3.8, 4) is 0 Å². The van der Waals surface area contributed by atoms with Crippen molar-refractivity contribution in [3.05, 3.63) is 30.3 Å². The fraction of sp³-hybridized carbons (Fsp3) is 0.500. The van der Waals surface area contributed by atoms with Crippen LogP contribution in [0.5, 0.6) is 0 Å². The molecule has 0 spiro atoms. The van der Waals surface area contributed by atoms with Crippen LogP contribution in [0.15, 0.2) is 30.3 Å². The van der Waals surface area contributed by atoms with Gasteiger partial charge in [-0.05, 0) is 31.5 Å². The van der Waals surface area contributed by atoms with E-state index >= 15 is 0 Å². The monoisotopic (exact) mass is 236 g/mol. The van der Waals surface area contributed by atoms with E-state index in [1.807, 2.05) is 51.2 Å². The quantitative estimate of drug-likeness (QED) is 0.776. The van der Waals surface area contributed by atoms with Gasteiger partial charge in [-0.3, -0.25) is 0 Å². The Balaban J connectivity index is 0.000000265. The Hall–Kier alpha value is -1.35. The zero-order chi connectivity index (χ0) is 12.9. The van der Waals surface area contributed by atoms with Crippen molar-refractivity contribution in [2.75, 3.05) is 18.9 Å². The molecule has 17 heavy (non-hydrogen) atoms. The Morgan fingerprint density at radius 3 is 2.24 bits per heavy atom. The summed E-state index contributed by atoms with van der Waals surface area (Å²) in [6.45, 7) is 5.02. The van der Waals surface area contributed by atoms with Gasteiger partial charge >= 0.3 is 0 Å². The van der Waals surface area contributed by atoms with Gasteiger partial charge < -0.3 is 15.4 Å². The molecule has 0 aromatic heterocycles. The van der Waals surface area contributed by atoms with Gasteiger partial charge in [0.15, 0.2) is 0 Å². The van der Waals surface area contributed by atoms with Crippen molar-refractivity contribution >= 4 is 12.0 Å². The largest absolute Gasteiger partial charge is 0.388 e. The van der Waals surface area contributed by atoms with E-state index in [-0.39, 0.29) is 6.04 Å². The van der Waals surface area contributed by atoms with Gasteiger partial charge in [-0.25, -0.2) is 0 Å². The summed E-state index contributed by atoms with van der Waals surface area (Å²) in [6.07, 6.45) is 3.17. The van der Waals surface area contributed by atoms with Crippen LogP contribution in [-0.4, -0.2) is 25.9 Å². The third kappa shape index (κ3) is 7.53. The first-order valence-electron chi connectivity index (χ1n) is 6.28. The molecule has 3 heteroatoms. The molecule has 0 aliphatic carbocycles. The maximum atomic E-state index is 9.94. The zero-order valence-corrected chi connectivity index (χ0v) is 11.1. The first-order valence-corrected chi connectivity index (χ1v) is 6.28. The van der Waals surface area contributed by atoms with E-state index in [0.29, 0.717) is 0 Å². The Morgan fingerprint density at radius 1 is 1.29 bits per heavy atom. The van der Waals surface area contributed by atoms with Crippen molar-refractivity contribution in [2.24, 2.45) is 0 Å². The molecule has 2 rings (SSSR count). The average molecular weight is 236 g/mol. The second-order valence-electron chi connectivity index (χ2n) is 3.45. The minimum absolute atomic E-state index is 0.167. The molecule has 0 radical (unpaired) electrons. The molecule has 1 unspecified atom stereocenters. The van der Waals surface area contributed by atoms with E-state index in [9.17, 15) is 4.79 Å². The van der Waals surface area contributed by atoms with Crippen LogP contribution in [0, 0.1) is 0 Å². The third-order valence-corrected chi connectivity index (χ3v) is 2.33. The summed E-state index contributed by atoms with van der Waals surface area (Å²) in [5.74, 6) is 0. The number of aldehydes is 1. The molecule has 0 saturated carbocycles. The van der Waals surface area contributed by atoms with Gasteiger partial charge in [0.25, 0.3) is 0 Å². The van der Waals surface area contributed by atoms with Gasteiger partial charge in [0.2, 0.25) is 0 Å². The Morgan fingerprint density at radius 2 is 1.94 bits per heavy atom. The smallest absolute Gasteiger partial charge is 0.136 e. The fourth-order valence-electron chi connectivity index (χ4n) is 1.43. The van der Waals surface area contributed by atoms with Crippen LogP contribution >= 0.6 is 0 Å². The van der Waals surface area contributed by atoms with Crippen LogP contribution in [0.25, 0.3) is 0 Å². The molecule has 1 atom stereocenters. The van der Waals surface area contributed by atoms with E-state index in [4.69, 9.17) is 0 Å². The summed E-state index contributed by atoms with van der Waals surface area (Å²) >= 11 is 0. The number of anilines is 1. The van der Waals surface area contributed by atoms with Gasteiger partial charge in [0.05, 0.1) is 6.04 Å². The summed E-state index contributed by atoms with van der Waals surface area (Å²) in [4.78, 5) is 9.94. The van der Waals surface area contributed by atoms with E-state index in [0.717, 1.165) is 31.4 Å². The van der Waals surface area contributed by atoms with Crippen LogP contribution < -0.4 is 10.6 Å². The lowest BCUT2D eigenvalue weighted by molar-refractivity contribution is -0.109. The zero-order valence-electron chi connectivity index (χ0n) is 11.1. The van der Waals surface area contributed by atoms with Crippen molar-refractivity contribution in [2.45, 2.75) is 32.7 Å². The molecule has 0 amide bonds. The molecular formula is C14H24N2O. The summed E-state index contributed by atoms with van der Waals surface area (Å²) in [5, 5.41) is 6.07. The van der Waals surface area contributed by atoms with Crippen LogP contribution in [-0.2, 0) is 4.79 Å². The van der Waals surface area contributed by atoms with Gasteiger partial charge in [-0.15, -0.1) is 0 Å². The third-order valence-electron chi connectivity index (χ3n) is 2.33. The summed E-state index contributed by atoms with van der Waals surface area (Å²) in [6, 6.07) is 10.2. The number of benzene rings is 1. The molecule has 1 aliphatic rings. The summed E-state index contributed by atoms with van der Waals surface area (Å²) < 4.78 is 0. The van der Waals surface area contributed by atoms with Crippen molar-refractivity contribution in [3.63, 3.8) is 0 Å². The molecule has 0 bridgehead atoms. The average Bonchev–Trinajstić information content (AvgIpc) is 2.96. The Bertz CT molecular complexity index is 269. The highest BCUT2D eigenvalue weighted by molar-refractivity contribution is 5.57. The van der Waals surface area contributed by atoms with Crippen molar-refractivity contribution in [1.82, 2.24) is 5.32 Å². The van der Waals surface area contributed by atoms with Gasteiger partial charge in [-0.1, -0.05) is 32.0 Å². The van der Waals surface area contributed by atoms with Gasteiger partial charge in [-0.2, -0.15) is 0 Å². The number of rotatable bonds is 2. The van der Waals surface area contributed by atoms with Gasteiger partial charge in [0, 0.05) is 12.7 Å². The van der Waals surface area contributed by atoms with E-state index in [1.54, 1.807) is 0 Å². The minimum atomic E-state index is 0.167. The molecule has 96 valence electrons. The lowest BCUT2D eigenvalue weighted by Gasteiger charge is -1.94. The highest BCUT2D eigenvalue weighted by Gasteiger charge is 2.10. The summed E-state index contributed by atoms with van der Waals surface area (Å²) in [7, 11) is 1.91. The molecule has 1 saturated heterocycles. The van der Waals surface area contributed by atoms with E-state index in [2.05, 4.69) is 10.6 Å². The Kier molecular flexibility index (Phi) is 10.3. The normalized spacial score (nSPS) is 17.0. The highest BCUT2D eigenvalue weighted by Crippen LogP contribution is 2.01. The second kappa shape index (κ2) is 11.1. The van der Waals surface area contributed by atoms with E-state index in [1.165, 1.54) is 0 Å². The molecule has 1 aromatic rings. The minimum Gasteiger partial charge on any atom is -0.388 e. The number of hydrogen-bond acceptors (Lipinski definition) is 3. The second-order valence-corrected chi connectivity index (χ2v) is 3.45. The van der Waals surface area contributed by atoms with Crippen LogP contribution in [0.2, 0.25) is 0 Å². The van der Waals surface area contributed by atoms with Gasteiger partial charge in [0.1, 0.15) is 6.29 Å². The molecule has 3 nitrogen and oxygen atoms in total. The molecule has 1 aromatic carbocycles. The van der Waals surface area contributed by atoms with Crippen molar-refractivity contribution < 1.29 is 4.79 Å². The number of nitrogens with one attached hydrogen (secondary N) is 2. The van der Waals surface area contributed by atoms with Crippen LogP contribution in [0.1, 0.15) is 26.7 Å². The first kappa shape index (κ1) is 15.7. The molecule has 2 N–H and O–H groups in total. The molecule has 1 aliphatic heterocycles. The Labute approximate surface area is 105 Å². The standard InChI is InChI=1S/C7H9N.C5H9NO.C2H6/c1-8-7-5-3-2-4-6-7;7-4-5-2-1-3-6-5;1-2/h2-6,8H,1H3;4-6H,1-3H2;1-2H3. The van der Waals surface area contributed by atoms with Crippen molar-refractivity contribution in [1.29, 1.82) is 0 Å². The first-order chi connectivity index (χ1) is 8.36. The lowest BCUT2D eigenvalue weighted by atomic mass is 10.2. The number of hydrogen-bond donors (Lipinski definition) is 2. The SMILES string of the molecule is CC.CNc1ccccc1.O=CC1CCCN1. The molecule has 1 fully saturated rings. The predicted molar refractivity (Wildman–Crippen MR) is 74.4 cm³/mol. The van der Waals surface area contributed by atoms with E-state index < -0.39 is 0 Å². The number of carbonyl (C=O) groups excluding carboxylic acids is 1. The lowest BCUT2D eigenvalue weighted by Crippen LogP contribution is -2.21. The fourth-order valence-corrected chi connectivity index (χ4v) is 1.43. The number of para-hydroxylation sites is 1. The predicted octanol–water partition coefficient (Wildman–Crippen LogP) is 2.69. The topological polar surface area (TPSA) is 41.1 Å². The maximum Gasteiger partial charge on any atom is 0.136 e. The highest BCUT2D eigenvalue weighted by atomic mass is 16.1. The maximum absolute atomic E-state index is 9.94. The number of carbonyl (C=O) groups is 1. The van der Waals surface area contributed by atoms with Crippen LogP contribution in [0.3, 0.4) is 0 Å². The van der Waals surface area contributed by atoms with Crippen LogP contribution in [0.4, 0.5) is 5.69 Å². The molecule has 1 heterocycles. The summed E-state index contributed by atoms with van der Waals surface area (Å²) in [5.41, 5.74) is 1.16. The molecular weight excluding hydrogens is 212 g/mol.